The summed E-state index contributed by atoms with van der Waals surface area (Å²) in [6, 6.07) is 0. The summed E-state index contributed by atoms with van der Waals surface area (Å²) in [5.74, 6) is 4.23. The molecule has 1 aliphatic heterocycles. The van der Waals surface area contributed by atoms with Crippen molar-refractivity contribution in [1.82, 2.24) is 0 Å². The first-order valence-electron chi connectivity index (χ1n) is 21.8. The molecule has 7 heteroatoms. The molecule has 13 atom stereocenters. The average Bonchev–Trinajstić information content (AvgIpc) is 3.50. The van der Waals surface area contributed by atoms with Gasteiger partial charge in [-0.15, -0.1) is 0 Å². The van der Waals surface area contributed by atoms with Crippen LogP contribution in [-0.4, -0.2) is 55.9 Å². The minimum atomic E-state index is -0.605. The maximum absolute atomic E-state index is 11.7. The van der Waals surface area contributed by atoms with Crippen LogP contribution in [0, 0.1) is 46.3 Å². The van der Waals surface area contributed by atoms with Gasteiger partial charge in [-0.2, -0.15) is 0 Å². The third-order valence-corrected chi connectivity index (χ3v) is 15.7. The maximum atomic E-state index is 11.7. The van der Waals surface area contributed by atoms with E-state index in [1.807, 2.05) is 12.2 Å². The molecule has 6 aliphatic carbocycles. The lowest BCUT2D eigenvalue weighted by Crippen LogP contribution is -2.51. The molecular weight excluding hydrogens is 664 g/mol. The van der Waals surface area contributed by atoms with Gasteiger partial charge in [0.1, 0.15) is 18.8 Å². The number of allylic oxidation sites excluding steroid dienone is 3. The smallest absolute Gasteiger partial charge is 0.303 e. The molecule has 0 spiro atoms. The molecule has 5 saturated carbocycles. The van der Waals surface area contributed by atoms with E-state index in [-0.39, 0.29) is 18.1 Å². The first-order chi connectivity index (χ1) is 25.5. The first-order valence-corrected chi connectivity index (χ1v) is 21.8. The van der Waals surface area contributed by atoms with Gasteiger partial charge in [0.25, 0.3) is 0 Å². The lowest BCUT2D eigenvalue weighted by molar-refractivity contribution is -0.213. The van der Waals surface area contributed by atoms with Gasteiger partial charge in [-0.25, -0.2) is 0 Å². The average molecular weight is 735 g/mol. The number of rotatable bonds is 12. The predicted molar refractivity (Wildman–Crippen MR) is 207 cm³/mol. The molecule has 5 fully saturated rings. The summed E-state index contributed by atoms with van der Waals surface area (Å²) in [7, 11) is 0. The van der Waals surface area contributed by atoms with E-state index in [1.54, 1.807) is 11.1 Å². The molecule has 0 aromatic heterocycles. The molecule has 53 heavy (non-hydrogen) atoms. The third kappa shape index (κ3) is 8.73. The van der Waals surface area contributed by atoms with Crippen molar-refractivity contribution in [2.24, 2.45) is 46.3 Å². The molecule has 0 saturated heterocycles. The van der Waals surface area contributed by atoms with Crippen molar-refractivity contribution in [3.05, 3.63) is 35.5 Å². The third-order valence-electron chi connectivity index (χ3n) is 15.7. The Bertz CT molecular complexity index is 1380. The molecular formula is C46H70O7. The number of unbranched alkanes of at least 4 members (excludes halogenated alkanes) is 2. The van der Waals surface area contributed by atoms with Crippen molar-refractivity contribution in [1.29, 1.82) is 0 Å². The van der Waals surface area contributed by atoms with Crippen molar-refractivity contribution in [3.63, 3.8) is 0 Å². The molecule has 1 heterocycles. The van der Waals surface area contributed by atoms with Gasteiger partial charge in [0.2, 0.25) is 0 Å². The van der Waals surface area contributed by atoms with Gasteiger partial charge in [-0.05, 0) is 155 Å². The lowest BCUT2D eigenvalue weighted by Gasteiger charge is -2.58. The van der Waals surface area contributed by atoms with Crippen LogP contribution < -0.4 is 0 Å². The van der Waals surface area contributed by atoms with E-state index in [2.05, 4.69) is 32.9 Å². The number of carbonyl (C=O) groups is 2. The van der Waals surface area contributed by atoms with Crippen LogP contribution >= 0.6 is 0 Å². The van der Waals surface area contributed by atoms with Gasteiger partial charge in [0, 0.05) is 20.5 Å². The van der Waals surface area contributed by atoms with Crippen LogP contribution in [0.3, 0.4) is 0 Å². The zero-order valence-electron chi connectivity index (χ0n) is 33.7. The fraction of sp³-hybridized carbons (Fsp3) is 0.826. The highest BCUT2D eigenvalue weighted by molar-refractivity contribution is 5.67. The topological polar surface area (TPSA) is 80.3 Å². The van der Waals surface area contributed by atoms with Gasteiger partial charge >= 0.3 is 11.9 Å². The van der Waals surface area contributed by atoms with Crippen molar-refractivity contribution in [3.8, 4) is 0 Å². The summed E-state index contributed by atoms with van der Waals surface area (Å²) in [6.45, 7) is 11.4. The SMILES string of the molecule is CC(=O)OC[C@H]1OC(O[C@H]2CC[C@@]3(C)C(=CC[C@H]4[C@@H]5CC[C@H](/C(C)=C/CCCCOC6CCC7CCCCC7C6)[C@@]5(C)CC[C@@H]43)C2)C=C[C@@H]1OC(C)=O. The van der Waals surface area contributed by atoms with Crippen molar-refractivity contribution in [2.45, 2.75) is 181 Å². The summed E-state index contributed by atoms with van der Waals surface area (Å²) < 4.78 is 29.8. The normalized spacial score (nSPS) is 42.4. The van der Waals surface area contributed by atoms with Gasteiger partial charge in [-0.1, -0.05) is 62.8 Å². The quantitative estimate of drug-likeness (QED) is 0.112. The summed E-state index contributed by atoms with van der Waals surface area (Å²) in [6.07, 6.45) is 30.9. The highest BCUT2D eigenvalue weighted by atomic mass is 16.7. The fourth-order valence-electron chi connectivity index (χ4n) is 13.0. The Morgan fingerprint density at radius 3 is 2.51 bits per heavy atom. The number of fused-ring (bicyclic) bond motifs is 6. The van der Waals surface area contributed by atoms with Crippen LogP contribution in [0.5, 0.6) is 0 Å². The number of esters is 2. The van der Waals surface area contributed by atoms with Crippen LogP contribution in [0.4, 0.5) is 0 Å². The van der Waals surface area contributed by atoms with Gasteiger partial charge < -0.3 is 23.7 Å². The molecule has 0 N–H and O–H groups in total. The van der Waals surface area contributed by atoms with Gasteiger partial charge in [-0.3, -0.25) is 9.59 Å². The van der Waals surface area contributed by atoms with Crippen LogP contribution in [0.15, 0.2) is 35.5 Å². The van der Waals surface area contributed by atoms with Crippen molar-refractivity contribution < 1.29 is 33.3 Å². The second-order valence-electron chi connectivity index (χ2n) is 18.8. The Morgan fingerprint density at radius 1 is 0.868 bits per heavy atom. The largest absolute Gasteiger partial charge is 0.463 e. The van der Waals surface area contributed by atoms with E-state index in [0.29, 0.717) is 11.5 Å². The fourth-order valence-corrected chi connectivity index (χ4v) is 13.0. The Labute approximate surface area is 320 Å². The number of carbonyl (C=O) groups excluding carboxylic acids is 2. The minimum Gasteiger partial charge on any atom is -0.463 e. The minimum absolute atomic E-state index is 0.0149. The van der Waals surface area contributed by atoms with Crippen LogP contribution in [0.25, 0.3) is 0 Å². The van der Waals surface area contributed by atoms with Gasteiger partial charge in [0.15, 0.2) is 6.29 Å². The van der Waals surface area contributed by atoms with E-state index >= 15 is 0 Å². The lowest BCUT2D eigenvalue weighted by atomic mass is 9.47. The molecule has 7 rings (SSSR count). The Balaban J connectivity index is 0.890. The number of hydrogen-bond donors (Lipinski definition) is 0. The summed E-state index contributed by atoms with van der Waals surface area (Å²) in [4.78, 5) is 23.1. The second kappa shape index (κ2) is 17.0. The summed E-state index contributed by atoms with van der Waals surface area (Å²) in [5, 5.41) is 0. The highest BCUT2D eigenvalue weighted by Crippen LogP contribution is 2.67. The molecule has 0 radical (unpaired) electrons. The molecule has 296 valence electrons. The predicted octanol–water partition coefficient (Wildman–Crippen LogP) is 10.2. The van der Waals surface area contributed by atoms with Crippen molar-refractivity contribution >= 4 is 11.9 Å². The highest BCUT2D eigenvalue weighted by Gasteiger charge is 2.59. The van der Waals surface area contributed by atoms with Crippen LogP contribution in [0.1, 0.15) is 150 Å². The van der Waals surface area contributed by atoms with Gasteiger partial charge in [0.05, 0.1) is 12.2 Å². The molecule has 0 amide bonds. The first kappa shape index (κ1) is 39.3. The van der Waals surface area contributed by atoms with E-state index in [4.69, 9.17) is 23.7 Å². The molecule has 4 unspecified atom stereocenters. The summed E-state index contributed by atoms with van der Waals surface area (Å²) in [5.41, 5.74) is 3.91. The molecule has 0 aromatic carbocycles. The number of hydrogen-bond acceptors (Lipinski definition) is 7. The Kier molecular flexibility index (Phi) is 12.6. The molecule has 7 nitrogen and oxygen atoms in total. The molecule has 0 aromatic rings. The molecule has 7 aliphatic rings. The standard InChI is InChI=1S/C46H70O7/c1-30(11-7-6-10-26-49-36-16-14-33-12-8-9-13-34(33)27-36)39-18-19-40-38-17-15-35-28-37(22-24-45(35,4)41(38)23-25-46(39,40)5)52-44-21-20-42(51-32(3)48)43(53-44)29-50-31(2)47/h11,15,20-21,33-34,36-44H,6-10,12-14,16-19,22-29H2,1-5H3/b30-11+/t33?,34?,36?,37-,38-,39+,40-,41-,42-,43+,44?,45-,46+/m0/s1. The van der Waals surface area contributed by atoms with E-state index in [9.17, 15) is 9.59 Å². The Morgan fingerprint density at radius 2 is 1.70 bits per heavy atom. The zero-order valence-corrected chi connectivity index (χ0v) is 33.7. The second-order valence-corrected chi connectivity index (χ2v) is 18.8. The zero-order chi connectivity index (χ0) is 37.2. The summed E-state index contributed by atoms with van der Waals surface area (Å²) >= 11 is 0. The van der Waals surface area contributed by atoms with Crippen molar-refractivity contribution in [2.75, 3.05) is 13.2 Å². The maximum Gasteiger partial charge on any atom is 0.303 e. The van der Waals surface area contributed by atoms with Crippen LogP contribution in [-0.2, 0) is 33.3 Å². The number of ether oxygens (including phenoxy) is 5. The van der Waals surface area contributed by atoms with E-state index in [0.717, 1.165) is 61.4 Å². The molecule has 0 bridgehead atoms. The van der Waals surface area contributed by atoms with E-state index in [1.165, 1.54) is 110 Å². The van der Waals surface area contributed by atoms with Crippen LogP contribution in [0.2, 0.25) is 0 Å². The monoisotopic (exact) mass is 735 g/mol. The Hall–Kier alpha value is -1.96. The van der Waals surface area contributed by atoms with E-state index < -0.39 is 30.4 Å².